The van der Waals surface area contributed by atoms with Crippen molar-refractivity contribution in [2.24, 2.45) is 0 Å². The van der Waals surface area contributed by atoms with Crippen molar-refractivity contribution in [3.8, 4) is 5.75 Å². The van der Waals surface area contributed by atoms with E-state index < -0.39 is 0 Å². The largest absolute Gasteiger partial charge is 0.489 e. The van der Waals surface area contributed by atoms with Gasteiger partial charge >= 0.3 is 0 Å². The van der Waals surface area contributed by atoms with Crippen LogP contribution in [0.3, 0.4) is 0 Å². The predicted molar refractivity (Wildman–Crippen MR) is 77.6 cm³/mol. The van der Waals surface area contributed by atoms with Crippen molar-refractivity contribution < 1.29 is 13.9 Å². The molecule has 1 aromatic carbocycles. The number of piperidine rings is 1. The summed E-state index contributed by atoms with van der Waals surface area (Å²) in [6.45, 7) is 1.07. The molecule has 21 heavy (non-hydrogen) atoms. The molecule has 1 spiro atoms. The van der Waals surface area contributed by atoms with Crippen molar-refractivity contribution in [1.82, 2.24) is 10.6 Å². The van der Waals surface area contributed by atoms with Gasteiger partial charge in [-0.05, 0) is 37.8 Å². The number of hydrogen-bond donors (Lipinski definition) is 2. The van der Waals surface area contributed by atoms with Gasteiger partial charge in [0.2, 0.25) is 5.91 Å². The first kappa shape index (κ1) is 14.3. The summed E-state index contributed by atoms with van der Waals surface area (Å²) in [7, 11) is 0. The Morgan fingerprint density at radius 1 is 1.38 bits per heavy atom. The van der Waals surface area contributed by atoms with Crippen LogP contribution in [-0.4, -0.2) is 30.6 Å². The molecule has 1 unspecified atom stereocenters. The van der Waals surface area contributed by atoms with Crippen molar-refractivity contribution in [3.63, 3.8) is 0 Å². The number of carbonyl (C=O) groups is 1. The fraction of sp³-hybridized carbons (Fsp3) is 0.562. The van der Waals surface area contributed by atoms with E-state index in [4.69, 9.17) is 4.74 Å². The van der Waals surface area contributed by atoms with Gasteiger partial charge in [0.1, 0.15) is 6.61 Å². The van der Waals surface area contributed by atoms with E-state index in [0.29, 0.717) is 25.6 Å². The zero-order valence-corrected chi connectivity index (χ0v) is 12.0. The number of halogens is 1. The highest BCUT2D eigenvalue weighted by molar-refractivity contribution is 5.78. The molecule has 1 aromatic rings. The lowest BCUT2D eigenvalue weighted by molar-refractivity contribution is -0.128. The lowest BCUT2D eigenvalue weighted by atomic mass is 9.68. The van der Waals surface area contributed by atoms with Crippen LogP contribution in [0.5, 0.6) is 5.75 Å². The molecule has 0 radical (unpaired) electrons. The Bertz CT molecular complexity index is 517. The van der Waals surface area contributed by atoms with E-state index in [1.54, 1.807) is 18.2 Å². The Morgan fingerprint density at radius 3 is 2.90 bits per heavy atom. The van der Waals surface area contributed by atoms with Crippen LogP contribution < -0.4 is 15.4 Å². The highest BCUT2D eigenvalue weighted by Gasteiger charge is 2.47. The molecule has 1 saturated carbocycles. The number of benzene rings is 1. The topological polar surface area (TPSA) is 50.4 Å². The number of ether oxygens (including phenoxy) is 1. The number of para-hydroxylation sites is 1. The summed E-state index contributed by atoms with van der Waals surface area (Å²) in [5.41, 5.74) is -0.0483. The van der Waals surface area contributed by atoms with Crippen molar-refractivity contribution in [2.45, 2.75) is 43.7 Å². The van der Waals surface area contributed by atoms with E-state index in [-0.39, 0.29) is 23.0 Å². The lowest BCUT2D eigenvalue weighted by Gasteiger charge is -2.51. The molecule has 2 aliphatic rings. The molecule has 1 atom stereocenters. The van der Waals surface area contributed by atoms with Crippen LogP contribution in [0.4, 0.5) is 4.39 Å². The number of rotatable bonds is 5. The van der Waals surface area contributed by atoms with Gasteiger partial charge in [0, 0.05) is 19.0 Å². The third-order valence-electron chi connectivity index (χ3n) is 4.55. The standard InChI is InChI=1S/C16H21FN2O2/c17-12-4-1-2-5-13(12)21-11-10-18-14-6-7-15(20)19-16(14)8-3-9-16/h1-2,4-5,14,18H,3,6-11H2,(H,19,20). The Morgan fingerprint density at radius 2 is 2.19 bits per heavy atom. The van der Waals surface area contributed by atoms with Gasteiger partial charge in [0.25, 0.3) is 0 Å². The van der Waals surface area contributed by atoms with Crippen LogP contribution in [0.15, 0.2) is 24.3 Å². The molecule has 4 nitrogen and oxygen atoms in total. The highest BCUT2D eigenvalue weighted by Crippen LogP contribution is 2.38. The van der Waals surface area contributed by atoms with Crippen molar-refractivity contribution in [3.05, 3.63) is 30.1 Å². The molecule has 2 fully saturated rings. The molecule has 114 valence electrons. The molecule has 3 rings (SSSR count). The van der Waals surface area contributed by atoms with E-state index in [2.05, 4.69) is 10.6 Å². The second-order valence-electron chi connectivity index (χ2n) is 5.88. The third kappa shape index (κ3) is 3.02. The molecule has 1 aliphatic carbocycles. The molecular formula is C16H21FN2O2. The summed E-state index contributed by atoms with van der Waals surface area (Å²) in [5, 5.41) is 6.61. The number of carbonyl (C=O) groups excluding carboxylic acids is 1. The molecule has 5 heteroatoms. The first-order valence-corrected chi connectivity index (χ1v) is 7.61. The average molecular weight is 292 g/mol. The van der Waals surface area contributed by atoms with Gasteiger partial charge in [-0.2, -0.15) is 0 Å². The predicted octanol–water partition coefficient (Wildman–Crippen LogP) is 2.00. The summed E-state index contributed by atoms with van der Waals surface area (Å²) in [6, 6.07) is 6.72. The lowest BCUT2D eigenvalue weighted by Crippen LogP contribution is -2.68. The van der Waals surface area contributed by atoms with Crippen LogP contribution >= 0.6 is 0 Å². The SMILES string of the molecule is O=C1CCC(NCCOc2ccccc2F)C2(CCC2)N1. The van der Waals surface area contributed by atoms with Gasteiger partial charge < -0.3 is 15.4 Å². The Hall–Kier alpha value is -1.62. The second kappa shape index (κ2) is 6.02. The van der Waals surface area contributed by atoms with Gasteiger partial charge in [-0.1, -0.05) is 12.1 Å². The normalized spacial score (nSPS) is 23.5. The summed E-state index contributed by atoms with van der Waals surface area (Å²) in [4.78, 5) is 11.6. The molecular weight excluding hydrogens is 271 g/mol. The van der Waals surface area contributed by atoms with Gasteiger partial charge in [0.05, 0.1) is 5.54 Å². The fourth-order valence-corrected chi connectivity index (χ4v) is 3.26. The van der Waals surface area contributed by atoms with Crippen LogP contribution in [0, 0.1) is 5.82 Å². The van der Waals surface area contributed by atoms with Crippen LogP contribution in [-0.2, 0) is 4.79 Å². The van der Waals surface area contributed by atoms with E-state index >= 15 is 0 Å². The van der Waals surface area contributed by atoms with Gasteiger partial charge in [-0.15, -0.1) is 0 Å². The third-order valence-corrected chi connectivity index (χ3v) is 4.55. The maximum Gasteiger partial charge on any atom is 0.220 e. The maximum atomic E-state index is 13.4. The molecule has 1 aliphatic heterocycles. The van der Waals surface area contributed by atoms with Crippen LogP contribution in [0.1, 0.15) is 32.1 Å². The van der Waals surface area contributed by atoms with Crippen LogP contribution in [0.25, 0.3) is 0 Å². The monoisotopic (exact) mass is 292 g/mol. The zero-order valence-electron chi connectivity index (χ0n) is 12.0. The summed E-state index contributed by atoms with van der Waals surface area (Å²) in [6.07, 6.45) is 4.71. The quantitative estimate of drug-likeness (QED) is 0.816. The van der Waals surface area contributed by atoms with E-state index in [0.717, 1.165) is 19.3 Å². The smallest absolute Gasteiger partial charge is 0.220 e. The first-order chi connectivity index (χ1) is 10.2. The Balaban J connectivity index is 1.47. The van der Waals surface area contributed by atoms with Crippen LogP contribution in [0.2, 0.25) is 0 Å². The molecule has 1 heterocycles. The number of hydrogen-bond acceptors (Lipinski definition) is 3. The summed E-state index contributed by atoms with van der Waals surface area (Å²) >= 11 is 0. The van der Waals surface area contributed by atoms with E-state index in [1.807, 2.05) is 0 Å². The maximum absolute atomic E-state index is 13.4. The minimum absolute atomic E-state index is 0.0483. The van der Waals surface area contributed by atoms with Gasteiger partial charge in [0.15, 0.2) is 11.6 Å². The highest BCUT2D eigenvalue weighted by atomic mass is 19.1. The first-order valence-electron chi connectivity index (χ1n) is 7.61. The zero-order chi connectivity index (χ0) is 14.7. The van der Waals surface area contributed by atoms with Crippen molar-refractivity contribution in [1.29, 1.82) is 0 Å². The fourth-order valence-electron chi connectivity index (χ4n) is 3.26. The van der Waals surface area contributed by atoms with Crippen molar-refractivity contribution in [2.75, 3.05) is 13.2 Å². The van der Waals surface area contributed by atoms with Gasteiger partial charge in [-0.3, -0.25) is 4.79 Å². The minimum Gasteiger partial charge on any atom is -0.489 e. The number of nitrogens with one attached hydrogen (secondary N) is 2. The summed E-state index contributed by atoms with van der Waals surface area (Å²) in [5.74, 6) is 0.114. The molecule has 0 aromatic heterocycles. The van der Waals surface area contributed by atoms with E-state index in [9.17, 15) is 9.18 Å². The Labute approximate surface area is 124 Å². The minimum atomic E-state index is -0.335. The molecule has 2 N–H and O–H groups in total. The summed E-state index contributed by atoms with van der Waals surface area (Å²) < 4.78 is 18.9. The number of amides is 1. The van der Waals surface area contributed by atoms with Gasteiger partial charge in [-0.25, -0.2) is 4.39 Å². The molecule has 1 amide bonds. The second-order valence-corrected chi connectivity index (χ2v) is 5.88. The Kier molecular flexibility index (Phi) is 4.10. The molecule has 0 bridgehead atoms. The molecule has 1 saturated heterocycles. The van der Waals surface area contributed by atoms with E-state index in [1.165, 1.54) is 12.5 Å². The average Bonchev–Trinajstić information content (AvgIpc) is 2.44. The van der Waals surface area contributed by atoms with Crippen molar-refractivity contribution >= 4 is 5.91 Å².